The summed E-state index contributed by atoms with van der Waals surface area (Å²) < 4.78 is 0. The van der Waals surface area contributed by atoms with Crippen LogP contribution in [0, 0.1) is 0 Å². The van der Waals surface area contributed by atoms with Gasteiger partial charge in [0.1, 0.15) is 24.2 Å². The number of nitrogens with two attached hydrogens (primary N) is 2. The van der Waals surface area contributed by atoms with Gasteiger partial charge in [-0.25, -0.2) is 9.78 Å². The van der Waals surface area contributed by atoms with Crippen molar-refractivity contribution in [2.24, 2.45) is 11.5 Å². The molecular weight excluding hydrogens is 724 g/mol. The van der Waals surface area contributed by atoms with Gasteiger partial charge in [-0.15, -0.1) is 0 Å². The van der Waals surface area contributed by atoms with Crippen LogP contribution in [0.15, 0.2) is 43.0 Å². The summed E-state index contributed by atoms with van der Waals surface area (Å²) in [5.74, 6) is -8.51. The Morgan fingerprint density at radius 2 is 1.42 bits per heavy atom. The lowest BCUT2D eigenvalue weighted by Crippen LogP contribution is -2.57. The molecule has 0 fully saturated rings. The maximum absolute atomic E-state index is 13.6. The summed E-state index contributed by atoms with van der Waals surface area (Å²) in [6, 6.07) is 0.0716. The molecule has 2 aromatic heterocycles. The molecule has 0 bridgehead atoms. The molecule has 298 valence electrons. The highest BCUT2D eigenvalue weighted by atomic mass is 16.4. The second-order valence-electron chi connectivity index (χ2n) is 12.6. The SMILES string of the molecule is NCCCC[C@H](NC(=O)[C@H](CCC(=O)O)NC(=O)[C@H](Cc1c[nH]cn1)NC(=O)CNC(=O)[C@H](Cc1c[nH]c2ccccc12)NC(=O)[C@@H](N)CC(=O)O)C(=O)O. The standard InChI is InChI=1S/C34H46N10O11/c35-10-4-3-7-24(34(54)55)43-32(52)23(8-9-28(46)47)42-33(53)26(12-19-15-37-17-40-19)41-27(45)16-39-31(51)25(44-30(50)21(36)13-29(48)49)11-18-14-38-22-6-2-1-5-20(18)22/h1-2,5-6,14-15,17,21,23-26,38H,3-4,7-13,16,35-36H2,(H,37,40)(H,39,51)(H,41,45)(H,42,53)(H,43,52)(H,44,50)(H,46,47)(H,48,49)(H,54,55)/t21-,23-,24-,25-,26-/m0/s1. The molecule has 21 heteroatoms. The Morgan fingerprint density at radius 1 is 0.745 bits per heavy atom. The van der Waals surface area contributed by atoms with Crippen molar-refractivity contribution in [3.8, 4) is 0 Å². The van der Waals surface area contributed by atoms with Gasteiger partial charge in [0.25, 0.3) is 0 Å². The van der Waals surface area contributed by atoms with Crippen LogP contribution in [0.1, 0.15) is 49.8 Å². The lowest BCUT2D eigenvalue weighted by Gasteiger charge is -2.24. The van der Waals surface area contributed by atoms with Crippen LogP contribution in [0.2, 0.25) is 0 Å². The Balaban J connectivity index is 1.75. The lowest BCUT2D eigenvalue weighted by molar-refractivity contribution is -0.143. The second kappa shape index (κ2) is 21.4. The van der Waals surface area contributed by atoms with Crippen molar-refractivity contribution >= 4 is 58.3 Å². The zero-order valence-corrected chi connectivity index (χ0v) is 29.7. The maximum atomic E-state index is 13.6. The van der Waals surface area contributed by atoms with Crippen molar-refractivity contribution in [2.75, 3.05) is 13.1 Å². The number of aromatic nitrogens is 3. The number of rotatable bonds is 24. The van der Waals surface area contributed by atoms with Crippen LogP contribution in [0.3, 0.4) is 0 Å². The number of aliphatic carboxylic acids is 3. The average Bonchev–Trinajstić information content (AvgIpc) is 3.80. The highest BCUT2D eigenvalue weighted by Gasteiger charge is 2.31. The fourth-order valence-corrected chi connectivity index (χ4v) is 5.48. The zero-order valence-electron chi connectivity index (χ0n) is 29.7. The molecule has 0 aliphatic carbocycles. The first-order valence-corrected chi connectivity index (χ1v) is 17.3. The Bertz CT molecular complexity index is 1810. The van der Waals surface area contributed by atoms with Crippen molar-refractivity contribution in [3.05, 3.63) is 54.2 Å². The van der Waals surface area contributed by atoms with E-state index in [1.165, 1.54) is 12.5 Å². The summed E-state index contributed by atoms with van der Waals surface area (Å²) in [5, 5.41) is 40.7. The second-order valence-corrected chi connectivity index (χ2v) is 12.6. The van der Waals surface area contributed by atoms with Crippen molar-refractivity contribution in [1.82, 2.24) is 41.5 Å². The van der Waals surface area contributed by atoms with Gasteiger partial charge in [-0.1, -0.05) is 18.2 Å². The van der Waals surface area contributed by atoms with Crippen LogP contribution in [-0.2, 0) is 51.2 Å². The van der Waals surface area contributed by atoms with E-state index in [0.717, 1.165) is 10.9 Å². The molecule has 0 aliphatic heterocycles. The molecule has 5 amide bonds. The maximum Gasteiger partial charge on any atom is 0.326 e. The molecule has 0 saturated carbocycles. The van der Waals surface area contributed by atoms with E-state index < -0.39 is 103 Å². The van der Waals surface area contributed by atoms with E-state index in [4.69, 9.17) is 16.6 Å². The molecule has 0 unspecified atom stereocenters. The molecule has 1 aromatic carbocycles. The number of amides is 5. The van der Waals surface area contributed by atoms with Gasteiger partial charge in [0.2, 0.25) is 29.5 Å². The summed E-state index contributed by atoms with van der Waals surface area (Å²) in [6.07, 6.45) is 3.30. The Hall–Kier alpha value is -6.35. The number of H-pyrrole nitrogens is 2. The third-order valence-corrected chi connectivity index (χ3v) is 8.35. The average molecular weight is 771 g/mol. The highest BCUT2D eigenvalue weighted by Crippen LogP contribution is 2.19. The quantitative estimate of drug-likeness (QED) is 0.0423. The van der Waals surface area contributed by atoms with Gasteiger partial charge in [-0.3, -0.25) is 33.6 Å². The first-order valence-electron chi connectivity index (χ1n) is 17.3. The number of carbonyl (C=O) groups excluding carboxylic acids is 5. The summed E-state index contributed by atoms with van der Waals surface area (Å²) >= 11 is 0. The van der Waals surface area contributed by atoms with Gasteiger partial charge in [-0.2, -0.15) is 0 Å². The smallest absolute Gasteiger partial charge is 0.326 e. The molecule has 3 rings (SSSR count). The monoisotopic (exact) mass is 770 g/mol. The third-order valence-electron chi connectivity index (χ3n) is 8.35. The fourth-order valence-electron chi connectivity index (χ4n) is 5.48. The molecule has 0 aliphatic rings. The first kappa shape index (κ1) is 43.1. The molecule has 2 heterocycles. The van der Waals surface area contributed by atoms with E-state index in [-0.39, 0.29) is 19.3 Å². The van der Waals surface area contributed by atoms with Gasteiger partial charge < -0.3 is 63.3 Å². The molecule has 0 spiro atoms. The van der Waals surface area contributed by atoms with Crippen molar-refractivity contribution in [2.45, 2.75) is 81.6 Å². The molecule has 21 nitrogen and oxygen atoms in total. The Morgan fingerprint density at radius 3 is 2.07 bits per heavy atom. The summed E-state index contributed by atoms with van der Waals surface area (Å²) in [4.78, 5) is 110. The summed E-state index contributed by atoms with van der Waals surface area (Å²) in [7, 11) is 0. The first-order chi connectivity index (χ1) is 26.2. The number of hydrogen-bond donors (Lipinski definition) is 12. The number of carboxylic acids is 3. The lowest BCUT2D eigenvalue weighted by atomic mass is 10.0. The topological polar surface area (TPSA) is 354 Å². The molecule has 0 saturated heterocycles. The summed E-state index contributed by atoms with van der Waals surface area (Å²) in [6.45, 7) is -0.410. The highest BCUT2D eigenvalue weighted by molar-refractivity contribution is 5.96. The minimum atomic E-state index is -1.51. The largest absolute Gasteiger partial charge is 0.481 e. The fraction of sp³-hybridized carbons (Fsp3) is 0.441. The number of nitrogens with one attached hydrogen (secondary N) is 7. The van der Waals surface area contributed by atoms with E-state index in [9.17, 15) is 48.6 Å². The van der Waals surface area contributed by atoms with E-state index in [0.29, 0.717) is 30.6 Å². The number of carbonyl (C=O) groups is 8. The van der Waals surface area contributed by atoms with Crippen molar-refractivity contribution in [1.29, 1.82) is 0 Å². The molecule has 3 aromatic rings. The number of fused-ring (bicyclic) bond motifs is 1. The van der Waals surface area contributed by atoms with Crippen LogP contribution in [0.5, 0.6) is 0 Å². The molecule has 0 radical (unpaired) electrons. The predicted octanol–water partition coefficient (Wildman–Crippen LogP) is -2.39. The number of hydrogen-bond acceptors (Lipinski definition) is 11. The van der Waals surface area contributed by atoms with Crippen LogP contribution in [-0.4, -0.2) is 121 Å². The van der Waals surface area contributed by atoms with Crippen LogP contribution in [0.4, 0.5) is 0 Å². The molecular formula is C34H46N10O11. The van der Waals surface area contributed by atoms with Gasteiger partial charge >= 0.3 is 17.9 Å². The number of para-hydroxylation sites is 1. The molecule has 5 atom stereocenters. The number of imidazole rings is 1. The van der Waals surface area contributed by atoms with Crippen molar-refractivity contribution < 1.29 is 53.7 Å². The van der Waals surface area contributed by atoms with E-state index in [2.05, 4.69) is 41.5 Å². The Kier molecular flexibility index (Phi) is 16.7. The van der Waals surface area contributed by atoms with Crippen LogP contribution >= 0.6 is 0 Å². The minimum absolute atomic E-state index is 0.0306. The minimum Gasteiger partial charge on any atom is -0.481 e. The number of aromatic amines is 2. The number of nitrogens with zero attached hydrogens (tertiary/aromatic N) is 1. The zero-order chi connectivity index (χ0) is 40.5. The van der Waals surface area contributed by atoms with Gasteiger partial charge in [0.05, 0.1) is 31.0 Å². The third kappa shape index (κ3) is 14.2. The van der Waals surface area contributed by atoms with Crippen LogP contribution < -0.4 is 38.1 Å². The number of benzene rings is 1. The number of carboxylic acid groups (broad SMARTS) is 3. The van der Waals surface area contributed by atoms with Gasteiger partial charge in [-0.05, 0) is 43.9 Å². The molecule has 14 N–H and O–H groups in total. The van der Waals surface area contributed by atoms with E-state index >= 15 is 0 Å². The Labute approximate surface area is 313 Å². The number of unbranched alkanes of at least 4 members (excludes halogenated alkanes) is 1. The van der Waals surface area contributed by atoms with E-state index in [1.54, 1.807) is 30.5 Å². The summed E-state index contributed by atoms with van der Waals surface area (Å²) in [5.41, 5.74) is 12.9. The normalized spacial score (nSPS) is 13.7. The van der Waals surface area contributed by atoms with Gasteiger partial charge in [0.15, 0.2) is 0 Å². The van der Waals surface area contributed by atoms with Crippen molar-refractivity contribution in [3.63, 3.8) is 0 Å². The van der Waals surface area contributed by atoms with E-state index in [1.807, 2.05) is 0 Å². The predicted molar refractivity (Wildman–Crippen MR) is 193 cm³/mol. The van der Waals surface area contributed by atoms with Gasteiger partial charge in [0, 0.05) is 42.6 Å². The molecule has 55 heavy (non-hydrogen) atoms. The van der Waals surface area contributed by atoms with Crippen LogP contribution in [0.25, 0.3) is 10.9 Å².